The monoisotopic (exact) mass is 320 g/mol. The number of carbonyl (C=O) groups excluding carboxylic acids is 1. The molecule has 1 saturated heterocycles. The fourth-order valence-electron chi connectivity index (χ4n) is 1.69. The van der Waals surface area contributed by atoms with E-state index in [0.29, 0.717) is 13.2 Å². The minimum Gasteiger partial charge on any atom is -0.376 e. The maximum Gasteiger partial charge on any atom is 0.168 e. The number of ketones is 1. The third-order valence-electron chi connectivity index (χ3n) is 2.66. The van der Waals surface area contributed by atoms with E-state index >= 15 is 0 Å². The third kappa shape index (κ3) is 2.93. The Morgan fingerprint density at radius 3 is 2.83 bits per heavy atom. The summed E-state index contributed by atoms with van der Waals surface area (Å²) in [5.41, 5.74) is -0.247. The van der Waals surface area contributed by atoms with Gasteiger partial charge in [0.15, 0.2) is 5.78 Å². The number of benzene rings is 1. The first-order chi connectivity index (χ1) is 8.59. The average Bonchev–Trinajstić information content (AvgIpc) is 2.40. The molecule has 18 heavy (non-hydrogen) atoms. The van der Waals surface area contributed by atoms with Gasteiger partial charge in [-0.2, -0.15) is 0 Å². The molecule has 0 amide bonds. The topological polar surface area (TPSA) is 35.5 Å². The lowest BCUT2D eigenvalue weighted by molar-refractivity contribution is -0.144. The SMILES string of the molecule is O=C(Cc1c(F)ccc(Br)c1F)C1COCCO1. The number of rotatable bonds is 3. The Balaban J connectivity index is 2.13. The Morgan fingerprint density at radius 2 is 2.17 bits per heavy atom. The van der Waals surface area contributed by atoms with Crippen molar-refractivity contribution in [3.8, 4) is 0 Å². The van der Waals surface area contributed by atoms with Crippen LogP contribution in [0.4, 0.5) is 8.78 Å². The highest BCUT2D eigenvalue weighted by atomic mass is 79.9. The van der Waals surface area contributed by atoms with E-state index in [2.05, 4.69) is 15.9 Å². The predicted molar refractivity (Wildman–Crippen MR) is 63.3 cm³/mol. The zero-order valence-corrected chi connectivity index (χ0v) is 11.0. The van der Waals surface area contributed by atoms with Crippen LogP contribution in [0.5, 0.6) is 0 Å². The molecule has 1 heterocycles. The van der Waals surface area contributed by atoms with Crippen LogP contribution in [0.1, 0.15) is 5.56 Å². The van der Waals surface area contributed by atoms with Crippen LogP contribution in [0.3, 0.4) is 0 Å². The molecule has 1 atom stereocenters. The van der Waals surface area contributed by atoms with Gasteiger partial charge < -0.3 is 9.47 Å². The second kappa shape index (κ2) is 5.86. The van der Waals surface area contributed by atoms with E-state index in [1.165, 1.54) is 6.07 Å². The summed E-state index contributed by atoms with van der Waals surface area (Å²) in [6.45, 7) is 0.888. The van der Waals surface area contributed by atoms with E-state index in [0.717, 1.165) is 6.07 Å². The molecule has 0 aliphatic carbocycles. The molecule has 1 aromatic rings. The third-order valence-corrected chi connectivity index (χ3v) is 3.28. The average molecular weight is 321 g/mol. The summed E-state index contributed by atoms with van der Waals surface area (Å²) in [7, 11) is 0. The molecule has 2 rings (SSSR count). The molecule has 1 aromatic carbocycles. The normalized spacial score (nSPS) is 19.8. The zero-order chi connectivity index (χ0) is 13.1. The van der Waals surface area contributed by atoms with Gasteiger partial charge in [0.1, 0.15) is 17.7 Å². The quantitative estimate of drug-likeness (QED) is 0.801. The van der Waals surface area contributed by atoms with E-state index in [1.54, 1.807) is 0 Å². The summed E-state index contributed by atoms with van der Waals surface area (Å²) in [4.78, 5) is 11.8. The highest BCUT2D eigenvalue weighted by Gasteiger charge is 2.25. The first-order valence-corrected chi connectivity index (χ1v) is 6.23. The zero-order valence-electron chi connectivity index (χ0n) is 9.42. The van der Waals surface area contributed by atoms with E-state index in [9.17, 15) is 13.6 Å². The molecule has 0 bridgehead atoms. The lowest BCUT2D eigenvalue weighted by Gasteiger charge is -2.21. The first kappa shape index (κ1) is 13.6. The molecule has 0 aromatic heterocycles. The lowest BCUT2D eigenvalue weighted by atomic mass is 10.0. The maximum absolute atomic E-state index is 13.7. The molecule has 0 N–H and O–H groups in total. The molecule has 0 radical (unpaired) electrons. The Morgan fingerprint density at radius 1 is 1.39 bits per heavy atom. The van der Waals surface area contributed by atoms with Crippen LogP contribution in [0.25, 0.3) is 0 Å². The molecule has 1 aliphatic heterocycles. The Kier molecular flexibility index (Phi) is 4.42. The van der Waals surface area contributed by atoms with Crippen LogP contribution in [0.15, 0.2) is 16.6 Å². The second-order valence-electron chi connectivity index (χ2n) is 3.90. The molecule has 0 saturated carbocycles. The van der Waals surface area contributed by atoms with Crippen LogP contribution in [-0.2, 0) is 20.7 Å². The number of halogens is 3. The van der Waals surface area contributed by atoms with Crippen LogP contribution in [0.2, 0.25) is 0 Å². The van der Waals surface area contributed by atoms with Crippen molar-refractivity contribution in [1.82, 2.24) is 0 Å². The largest absolute Gasteiger partial charge is 0.376 e. The van der Waals surface area contributed by atoms with Gasteiger partial charge in [-0.15, -0.1) is 0 Å². The van der Waals surface area contributed by atoms with E-state index < -0.39 is 17.7 Å². The van der Waals surface area contributed by atoms with Gasteiger partial charge in [-0.25, -0.2) is 8.78 Å². The molecule has 98 valence electrons. The molecule has 1 aliphatic rings. The summed E-state index contributed by atoms with van der Waals surface area (Å²) in [5.74, 6) is -1.87. The van der Waals surface area contributed by atoms with Gasteiger partial charge in [-0.3, -0.25) is 4.79 Å². The van der Waals surface area contributed by atoms with Crippen molar-refractivity contribution in [2.75, 3.05) is 19.8 Å². The Bertz CT molecular complexity index is 459. The van der Waals surface area contributed by atoms with Crippen LogP contribution < -0.4 is 0 Å². The summed E-state index contributed by atoms with van der Waals surface area (Å²) in [6, 6.07) is 2.38. The van der Waals surface area contributed by atoms with Crippen molar-refractivity contribution in [3.63, 3.8) is 0 Å². The second-order valence-corrected chi connectivity index (χ2v) is 4.75. The van der Waals surface area contributed by atoms with Crippen molar-refractivity contribution in [1.29, 1.82) is 0 Å². The first-order valence-electron chi connectivity index (χ1n) is 5.44. The van der Waals surface area contributed by atoms with E-state index in [4.69, 9.17) is 9.47 Å². The number of carbonyl (C=O) groups is 1. The van der Waals surface area contributed by atoms with Gasteiger partial charge in [-0.05, 0) is 28.1 Å². The molecular formula is C12H11BrF2O3. The van der Waals surface area contributed by atoms with Crippen molar-refractivity contribution in [3.05, 3.63) is 33.8 Å². The van der Waals surface area contributed by atoms with Crippen molar-refractivity contribution in [2.45, 2.75) is 12.5 Å². The number of hydrogen-bond donors (Lipinski definition) is 0. The fourth-order valence-corrected chi connectivity index (χ4v) is 2.06. The van der Waals surface area contributed by atoms with Gasteiger partial charge in [-0.1, -0.05) is 0 Å². The van der Waals surface area contributed by atoms with Gasteiger partial charge in [0.25, 0.3) is 0 Å². The molecule has 6 heteroatoms. The smallest absolute Gasteiger partial charge is 0.168 e. The molecule has 1 fully saturated rings. The Labute approximate surface area is 111 Å². The minimum atomic E-state index is -0.750. The highest BCUT2D eigenvalue weighted by Crippen LogP contribution is 2.22. The Hall–Kier alpha value is -0.850. The fraction of sp³-hybridized carbons (Fsp3) is 0.417. The maximum atomic E-state index is 13.7. The van der Waals surface area contributed by atoms with E-state index in [-0.39, 0.29) is 28.8 Å². The van der Waals surface area contributed by atoms with Crippen molar-refractivity contribution >= 4 is 21.7 Å². The number of Topliss-reactive ketones (excluding diaryl/α,β-unsaturated/α-hetero) is 1. The van der Waals surface area contributed by atoms with Crippen molar-refractivity contribution in [2.24, 2.45) is 0 Å². The van der Waals surface area contributed by atoms with Crippen LogP contribution in [0, 0.1) is 11.6 Å². The highest BCUT2D eigenvalue weighted by molar-refractivity contribution is 9.10. The summed E-state index contributed by atoms with van der Waals surface area (Å²) >= 11 is 2.96. The summed E-state index contributed by atoms with van der Waals surface area (Å²) in [6.07, 6.45) is -1.08. The summed E-state index contributed by atoms with van der Waals surface area (Å²) in [5, 5.41) is 0. The minimum absolute atomic E-state index is 0.132. The lowest BCUT2D eigenvalue weighted by Crippen LogP contribution is -2.36. The van der Waals surface area contributed by atoms with Gasteiger partial charge in [0.2, 0.25) is 0 Å². The van der Waals surface area contributed by atoms with Gasteiger partial charge in [0.05, 0.1) is 24.3 Å². The number of ether oxygens (including phenoxy) is 2. The standard InChI is InChI=1S/C12H11BrF2O3/c13-8-1-2-9(14)7(12(8)15)5-10(16)11-6-17-3-4-18-11/h1-2,11H,3-6H2. The predicted octanol–water partition coefficient (Wildman–Crippen LogP) is 2.25. The van der Waals surface area contributed by atoms with Crippen LogP contribution >= 0.6 is 15.9 Å². The molecular weight excluding hydrogens is 310 g/mol. The van der Waals surface area contributed by atoms with Gasteiger partial charge >= 0.3 is 0 Å². The molecule has 1 unspecified atom stereocenters. The molecule has 3 nitrogen and oxygen atoms in total. The van der Waals surface area contributed by atoms with Crippen molar-refractivity contribution < 1.29 is 23.0 Å². The van der Waals surface area contributed by atoms with E-state index in [1.807, 2.05) is 0 Å². The summed E-state index contributed by atoms with van der Waals surface area (Å²) < 4.78 is 37.6. The number of hydrogen-bond acceptors (Lipinski definition) is 3. The molecule has 0 spiro atoms. The van der Waals surface area contributed by atoms with Gasteiger partial charge in [0, 0.05) is 12.0 Å². The van der Waals surface area contributed by atoms with Crippen LogP contribution in [-0.4, -0.2) is 31.7 Å².